The van der Waals surface area contributed by atoms with E-state index in [2.05, 4.69) is 55.9 Å². The van der Waals surface area contributed by atoms with Crippen molar-refractivity contribution in [3.63, 3.8) is 0 Å². The zero-order valence-electron chi connectivity index (χ0n) is 14.2. The summed E-state index contributed by atoms with van der Waals surface area (Å²) in [5.41, 5.74) is 0. The van der Waals surface area contributed by atoms with E-state index in [1.54, 1.807) is 0 Å². The summed E-state index contributed by atoms with van der Waals surface area (Å²) < 4.78 is 0. The van der Waals surface area contributed by atoms with Crippen LogP contribution in [0.4, 0.5) is 11.6 Å². The van der Waals surface area contributed by atoms with Crippen LogP contribution in [0.3, 0.4) is 0 Å². The van der Waals surface area contributed by atoms with Crippen LogP contribution in [-0.2, 0) is 0 Å². The Morgan fingerprint density at radius 2 is 1.95 bits per heavy atom. The highest BCUT2D eigenvalue weighted by Gasteiger charge is 2.30. The molecule has 0 amide bonds. The summed E-state index contributed by atoms with van der Waals surface area (Å²) in [5, 5.41) is 3.34. The van der Waals surface area contributed by atoms with Gasteiger partial charge in [0.1, 0.15) is 17.5 Å². The second-order valence-electron chi connectivity index (χ2n) is 6.76. The molecule has 0 unspecified atom stereocenters. The molecule has 1 saturated carbocycles. The van der Waals surface area contributed by atoms with Crippen LogP contribution < -0.4 is 10.2 Å². The molecule has 1 aliphatic carbocycles. The lowest BCUT2D eigenvalue weighted by Gasteiger charge is -2.25. The summed E-state index contributed by atoms with van der Waals surface area (Å²) in [6.45, 7) is 13.0. The van der Waals surface area contributed by atoms with Crippen molar-refractivity contribution < 1.29 is 0 Å². The largest absolute Gasteiger partial charge is 0.370 e. The number of aromatic nitrogens is 2. The molecule has 1 aromatic rings. The maximum absolute atomic E-state index is 4.83. The minimum absolute atomic E-state index is 0.355. The van der Waals surface area contributed by atoms with E-state index in [4.69, 9.17) is 4.98 Å². The maximum atomic E-state index is 4.83. The first-order chi connectivity index (χ1) is 10.0. The van der Waals surface area contributed by atoms with E-state index in [9.17, 15) is 0 Å². The average Bonchev–Trinajstić information content (AvgIpc) is 3.23. The van der Waals surface area contributed by atoms with Gasteiger partial charge in [-0.2, -0.15) is 0 Å². The van der Waals surface area contributed by atoms with Gasteiger partial charge in [0.25, 0.3) is 0 Å². The molecular weight excluding hydrogens is 260 g/mol. The first kappa shape index (κ1) is 16.1. The van der Waals surface area contributed by atoms with Crippen LogP contribution in [0.2, 0.25) is 0 Å². The summed E-state index contributed by atoms with van der Waals surface area (Å²) in [7, 11) is 0. The standard InChI is InChI=1S/C17H30N4/c1-6-18-15-11-16(20-17(19-15)13(4)5)21(14-7-8-14)10-9-12(2)3/h11-14H,6-10H2,1-5H3,(H,18,19,20). The number of nitrogens with one attached hydrogen (secondary N) is 1. The maximum Gasteiger partial charge on any atom is 0.135 e. The van der Waals surface area contributed by atoms with E-state index in [0.29, 0.717) is 12.0 Å². The Morgan fingerprint density at radius 3 is 2.48 bits per heavy atom. The van der Waals surface area contributed by atoms with Crippen LogP contribution in [0.5, 0.6) is 0 Å². The molecule has 4 nitrogen and oxygen atoms in total. The van der Waals surface area contributed by atoms with Gasteiger partial charge in [0.2, 0.25) is 0 Å². The van der Waals surface area contributed by atoms with Crippen LogP contribution >= 0.6 is 0 Å². The molecule has 1 aromatic heterocycles. The number of hydrogen-bond donors (Lipinski definition) is 1. The molecule has 21 heavy (non-hydrogen) atoms. The van der Waals surface area contributed by atoms with Crippen molar-refractivity contribution in [2.24, 2.45) is 5.92 Å². The van der Waals surface area contributed by atoms with E-state index >= 15 is 0 Å². The Balaban J connectivity index is 2.25. The van der Waals surface area contributed by atoms with Gasteiger partial charge in [-0.05, 0) is 32.1 Å². The number of rotatable bonds is 8. The van der Waals surface area contributed by atoms with Crippen LogP contribution in [0.1, 0.15) is 65.6 Å². The van der Waals surface area contributed by atoms with Gasteiger partial charge in [-0.15, -0.1) is 0 Å². The molecule has 4 heteroatoms. The molecule has 1 aliphatic rings. The minimum atomic E-state index is 0.355. The molecule has 0 atom stereocenters. The summed E-state index contributed by atoms with van der Waals surface area (Å²) in [4.78, 5) is 12.0. The van der Waals surface area contributed by atoms with Crippen molar-refractivity contribution in [1.29, 1.82) is 0 Å². The van der Waals surface area contributed by atoms with Crippen molar-refractivity contribution in [2.45, 2.75) is 65.8 Å². The molecule has 1 fully saturated rings. The molecule has 1 heterocycles. The molecule has 0 aliphatic heterocycles. The fourth-order valence-corrected chi connectivity index (χ4v) is 2.40. The highest BCUT2D eigenvalue weighted by atomic mass is 15.2. The van der Waals surface area contributed by atoms with E-state index in [1.807, 2.05) is 0 Å². The molecule has 0 aromatic carbocycles. The predicted octanol–water partition coefficient (Wildman–Crippen LogP) is 4.05. The van der Waals surface area contributed by atoms with E-state index in [1.165, 1.54) is 19.3 Å². The second-order valence-corrected chi connectivity index (χ2v) is 6.76. The van der Waals surface area contributed by atoms with Gasteiger partial charge in [-0.1, -0.05) is 27.7 Å². The second kappa shape index (κ2) is 7.10. The molecule has 2 rings (SSSR count). The smallest absolute Gasteiger partial charge is 0.135 e. The summed E-state index contributed by atoms with van der Waals surface area (Å²) in [6, 6.07) is 2.81. The number of hydrogen-bond acceptors (Lipinski definition) is 4. The number of anilines is 2. The molecule has 0 saturated heterocycles. The van der Waals surface area contributed by atoms with Gasteiger partial charge in [-0.25, -0.2) is 9.97 Å². The Morgan fingerprint density at radius 1 is 1.24 bits per heavy atom. The fourth-order valence-electron chi connectivity index (χ4n) is 2.40. The van der Waals surface area contributed by atoms with Crippen LogP contribution in [-0.4, -0.2) is 29.1 Å². The monoisotopic (exact) mass is 290 g/mol. The lowest BCUT2D eigenvalue weighted by Crippen LogP contribution is -2.29. The van der Waals surface area contributed by atoms with Gasteiger partial charge < -0.3 is 10.2 Å². The highest BCUT2D eigenvalue weighted by Crippen LogP contribution is 2.32. The SMILES string of the molecule is CCNc1cc(N(CCC(C)C)C2CC2)nc(C(C)C)n1. The van der Waals surface area contributed by atoms with Crippen molar-refractivity contribution in [3.05, 3.63) is 11.9 Å². The van der Waals surface area contributed by atoms with Gasteiger partial charge in [0.15, 0.2) is 0 Å². The minimum Gasteiger partial charge on any atom is -0.370 e. The normalized spacial score (nSPS) is 14.8. The molecule has 0 spiro atoms. The lowest BCUT2D eigenvalue weighted by atomic mass is 10.1. The summed E-state index contributed by atoms with van der Waals surface area (Å²) >= 11 is 0. The van der Waals surface area contributed by atoms with Gasteiger partial charge in [0.05, 0.1) is 0 Å². The van der Waals surface area contributed by atoms with Crippen molar-refractivity contribution in [2.75, 3.05) is 23.3 Å². The Labute approximate surface area is 129 Å². The van der Waals surface area contributed by atoms with E-state index in [-0.39, 0.29) is 0 Å². The molecule has 1 N–H and O–H groups in total. The average molecular weight is 290 g/mol. The quantitative estimate of drug-likeness (QED) is 0.784. The van der Waals surface area contributed by atoms with Gasteiger partial charge in [0, 0.05) is 31.1 Å². The zero-order valence-corrected chi connectivity index (χ0v) is 14.2. The third kappa shape index (κ3) is 4.58. The molecule has 0 bridgehead atoms. The zero-order chi connectivity index (χ0) is 15.4. The molecule has 118 valence electrons. The fraction of sp³-hybridized carbons (Fsp3) is 0.765. The Kier molecular flexibility index (Phi) is 5.43. The van der Waals surface area contributed by atoms with Crippen LogP contribution in [0, 0.1) is 5.92 Å². The van der Waals surface area contributed by atoms with Gasteiger partial charge in [-0.3, -0.25) is 0 Å². The summed E-state index contributed by atoms with van der Waals surface area (Å²) in [6.07, 6.45) is 3.82. The first-order valence-electron chi connectivity index (χ1n) is 8.40. The number of nitrogens with zero attached hydrogens (tertiary/aromatic N) is 3. The van der Waals surface area contributed by atoms with E-state index < -0.39 is 0 Å². The third-order valence-corrected chi connectivity index (χ3v) is 3.83. The molecular formula is C17H30N4. The first-order valence-corrected chi connectivity index (χ1v) is 8.40. The van der Waals surface area contributed by atoms with Crippen molar-refractivity contribution in [1.82, 2.24) is 9.97 Å². The topological polar surface area (TPSA) is 41.0 Å². The molecule has 0 radical (unpaired) electrons. The van der Waals surface area contributed by atoms with Crippen molar-refractivity contribution in [3.8, 4) is 0 Å². The Hall–Kier alpha value is -1.32. The third-order valence-electron chi connectivity index (χ3n) is 3.83. The predicted molar refractivity (Wildman–Crippen MR) is 90.1 cm³/mol. The lowest BCUT2D eigenvalue weighted by molar-refractivity contribution is 0.567. The highest BCUT2D eigenvalue weighted by molar-refractivity contribution is 5.51. The van der Waals surface area contributed by atoms with Crippen LogP contribution in [0.15, 0.2) is 6.07 Å². The van der Waals surface area contributed by atoms with Gasteiger partial charge >= 0.3 is 0 Å². The van der Waals surface area contributed by atoms with Crippen LogP contribution in [0.25, 0.3) is 0 Å². The Bertz CT molecular complexity index is 452. The summed E-state index contributed by atoms with van der Waals surface area (Å²) in [5.74, 6) is 4.09. The van der Waals surface area contributed by atoms with E-state index in [0.717, 1.165) is 36.5 Å². The van der Waals surface area contributed by atoms with Crippen molar-refractivity contribution >= 4 is 11.6 Å².